The highest BCUT2D eigenvalue weighted by Crippen LogP contribution is 2.26. The van der Waals surface area contributed by atoms with Gasteiger partial charge in [-0.25, -0.2) is 0 Å². The van der Waals surface area contributed by atoms with E-state index in [1.165, 1.54) is 0 Å². The second-order valence-corrected chi connectivity index (χ2v) is 7.87. The Morgan fingerprint density at radius 1 is 0.935 bits per heavy atom. The second kappa shape index (κ2) is 13.3. The van der Waals surface area contributed by atoms with Crippen LogP contribution in [-0.2, 0) is 27.4 Å². The van der Waals surface area contributed by atoms with Gasteiger partial charge in [0.15, 0.2) is 0 Å². The van der Waals surface area contributed by atoms with E-state index < -0.39 is 6.10 Å². The Morgan fingerprint density at radius 3 is 2.45 bits per heavy atom. The van der Waals surface area contributed by atoms with Gasteiger partial charge in [-0.2, -0.15) is 0 Å². The molecular weight excluding hydrogens is 392 g/mol. The highest BCUT2D eigenvalue weighted by Gasteiger charge is 2.37. The summed E-state index contributed by atoms with van der Waals surface area (Å²) in [5.41, 5.74) is 2.26. The highest BCUT2D eigenvalue weighted by atomic mass is 16.6. The molecule has 2 aromatic rings. The number of unbranched alkanes of at least 4 members (excludes halogenated alkanes) is 1. The summed E-state index contributed by atoms with van der Waals surface area (Å²) in [5, 5.41) is 10.0. The van der Waals surface area contributed by atoms with Crippen molar-refractivity contribution < 1.29 is 24.1 Å². The van der Waals surface area contributed by atoms with E-state index in [4.69, 9.17) is 18.9 Å². The zero-order valence-corrected chi connectivity index (χ0v) is 18.3. The SMILES string of the molecule is COc1ccc(COC[C@@H]2O[C@H]2C/C=C/CCC[C@H](O)COCc2ccccc2)cc1. The average Bonchev–Trinajstić information content (AvgIpc) is 3.55. The molecule has 0 unspecified atom stereocenters. The largest absolute Gasteiger partial charge is 0.497 e. The molecule has 0 amide bonds. The van der Waals surface area contributed by atoms with E-state index in [-0.39, 0.29) is 12.2 Å². The van der Waals surface area contributed by atoms with Gasteiger partial charge in [0.1, 0.15) is 11.9 Å². The van der Waals surface area contributed by atoms with E-state index in [1.54, 1.807) is 7.11 Å². The molecule has 1 saturated heterocycles. The summed E-state index contributed by atoms with van der Waals surface area (Å²) in [4.78, 5) is 0. The second-order valence-electron chi connectivity index (χ2n) is 7.87. The van der Waals surface area contributed by atoms with Crippen LogP contribution in [-0.4, -0.2) is 43.7 Å². The molecule has 1 aliphatic heterocycles. The first-order valence-corrected chi connectivity index (χ1v) is 11.1. The average molecular weight is 427 g/mol. The lowest BCUT2D eigenvalue weighted by molar-refractivity contribution is 0.0238. The molecule has 0 spiro atoms. The van der Waals surface area contributed by atoms with Crippen LogP contribution < -0.4 is 4.74 Å². The molecule has 31 heavy (non-hydrogen) atoms. The fraction of sp³-hybridized carbons (Fsp3) is 0.462. The lowest BCUT2D eigenvalue weighted by atomic mass is 10.1. The summed E-state index contributed by atoms with van der Waals surface area (Å²) in [5.74, 6) is 0.854. The minimum absolute atomic E-state index is 0.200. The molecule has 5 heteroatoms. The van der Waals surface area contributed by atoms with Crippen molar-refractivity contribution in [2.75, 3.05) is 20.3 Å². The summed E-state index contributed by atoms with van der Waals surface area (Å²) in [7, 11) is 1.66. The molecule has 3 rings (SSSR count). The zero-order valence-electron chi connectivity index (χ0n) is 18.3. The number of aliphatic hydroxyl groups is 1. The highest BCUT2D eigenvalue weighted by molar-refractivity contribution is 5.26. The van der Waals surface area contributed by atoms with Crippen molar-refractivity contribution >= 4 is 0 Å². The molecule has 1 fully saturated rings. The van der Waals surface area contributed by atoms with Gasteiger partial charge in [0.25, 0.3) is 0 Å². The first kappa shape index (κ1) is 23.5. The van der Waals surface area contributed by atoms with E-state index >= 15 is 0 Å². The normalized spacial score (nSPS) is 18.9. The number of ether oxygens (including phenoxy) is 4. The maximum absolute atomic E-state index is 10.0. The van der Waals surface area contributed by atoms with E-state index in [0.29, 0.717) is 26.4 Å². The summed E-state index contributed by atoms with van der Waals surface area (Å²) in [6.07, 6.45) is 7.99. The van der Waals surface area contributed by atoms with Crippen molar-refractivity contribution in [1.29, 1.82) is 0 Å². The number of aliphatic hydroxyl groups excluding tert-OH is 1. The van der Waals surface area contributed by atoms with Gasteiger partial charge in [-0.05, 0) is 48.9 Å². The number of hydrogen-bond donors (Lipinski definition) is 1. The molecule has 5 nitrogen and oxygen atoms in total. The molecule has 0 radical (unpaired) electrons. The molecule has 1 aliphatic rings. The predicted molar refractivity (Wildman–Crippen MR) is 121 cm³/mol. The van der Waals surface area contributed by atoms with Crippen LogP contribution in [0.25, 0.3) is 0 Å². The van der Waals surface area contributed by atoms with Gasteiger partial charge in [0, 0.05) is 0 Å². The molecule has 2 aromatic carbocycles. The van der Waals surface area contributed by atoms with Crippen LogP contribution in [0.5, 0.6) is 5.75 Å². The maximum Gasteiger partial charge on any atom is 0.118 e. The number of allylic oxidation sites excluding steroid dienone is 1. The van der Waals surface area contributed by atoms with Gasteiger partial charge in [-0.15, -0.1) is 0 Å². The first-order chi connectivity index (χ1) is 15.2. The van der Waals surface area contributed by atoms with Crippen LogP contribution in [0, 0.1) is 0 Å². The third-order valence-corrected chi connectivity index (χ3v) is 5.26. The fourth-order valence-corrected chi connectivity index (χ4v) is 3.34. The number of methoxy groups -OCH3 is 1. The molecule has 1 N–H and O–H groups in total. The smallest absolute Gasteiger partial charge is 0.118 e. The van der Waals surface area contributed by atoms with Gasteiger partial charge < -0.3 is 24.1 Å². The summed E-state index contributed by atoms with van der Waals surface area (Å²) in [6.45, 7) is 2.14. The minimum atomic E-state index is -0.406. The Kier molecular flexibility index (Phi) is 10.1. The molecule has 0 aliphatic carbocycles. The zero-order chi connectivity index (χ0) is 21.7. The van der Waals surface area contributed by atoms with Gasteiger partial charge in [0.2, 0.25) is 0 Å². The Labute approximate surface area is 185 Å². The predicted octanol–water partition coefficient (Wildman–Crippen LogP) is 4.67. The van der Waals surface area contributed by atoms with Crippen molar-refractivity contribution in [2.45, 2.75) is 57.2 Å². The first-order valence-electron chi connectivity index (χ1n) is 11.1. The minimum Gasteiger partial charge on any atom is -0.497 e. The molecule has 3 atom stereocenters. The summed E-state index contributed by atoms with van der Waals surface area (Å²) < 4.78 is 22.1. The Hall–Kier alpha value is -2.18. The maximum atomic E-state index is 10.0. The fourth-order valence-electron chi connectivity index (χ4n) is 3.34. The number of hydrogen-bond acceptors (Lipinski definition) is 5. The number of benzene rings is 2. The standard InChI is InChI=1S/C26H34O5/c1-28-24-15-13-22(14-16-24)18-30-20-26-25(31-26)12-8-3-2-7-11-23(27)19-29-17-21-9-5-4-6-10-21/h3-6,8-10,13-16,23,25-27H,2,7,11-12,17-20H2,1H3/b8-3+/t23-,25-,26-/m0/s1. The van der Waals surface area contributed by atoms with Crippen LogP contribution in [0.4, 0.5) is 0 Å². The molecule has 0 saturated carbocycles. The molecule has 168 valence electrons. The monoisotopic (exact) mass is 426 g/mol. The van der Waals surface area contributed by atoms with E-state index in [1.807, 2.05) is 54.6 Å². The lowest BCUT2D eigenvalue weighted by Gasteiger charge is -2.10. The quantitative estimate of drug-likeness (QED) is 0.255. The van der Waals surface area contributed by atoms with Gasteiger partial charge in [-0.3, -0.25) is 0 Å². The van der Waals surface area contributed by atoms with Crippen LogP contribution in [0.15, 0.2) is 66.7 Å². The molecule has 1 heterocycles. The van der Waals surface area contributed by atoms with Gasteiger partial charge in [-0.1, -0.05) is 54.6 Å². The van der Waals surface area contributed by atoms with E-state index in [0.717, 1.165) is 42.6 Å². The Morgan fingerprint density at radius 2 is 1.68 bits per heavy atom. The molecule has 0 aromatic heterocycles. The van der Waals surface area contributed by atoms with Crippen molar-refractivity contribution in [3.63, 3.8) is 0 Å². The Balaban J connectivity index is 1.15. The lowest BCUT2D eigenvalue weighted by Crippen LogP contribution is -2.14. The van der Waals surface area contributed by atoms with Gasteiger partial charge >= 0.3 is 0 Å². The van der Waals surface area contributed by atoms with E-state index in [2.05, 4.69) is 12.2 Å². The Bertz CT molecular complexity index is 759. The van der Waals surface area contributed by atoms with E-state index in [9.17, 15) is 5.11 Å². The topological polar surface area (TPSA) is 60.5 Å². The van der Waals surface area contributed by atoms with Crippen molar-refractivity contribution in [1.82, 2.24) is 0 Å². The summed E-state index contributed by atoms with van der Waals surface area (Å²) >= 11 is 0. The van der Waals surface area contributed by atoms with Crippen LogP contribution in [0.3, 0.4) is 0 Å². The number of rotatable bonds is 15. The van der Waals surface area contributed by atoms with Crippen molar-refractivity contribution in [3.05, 3.63) is 77.9 Å². The summed E-state index contributed by atoms with van der Waals surface area (Å²) in [6, 6.07) is 17.9. The van der Waals surface area contributed by atoms with Crippen LogP contribution >= 0.6 is 0 Å². The van der Waals surface area contributed by atoms with Crippen LogP contribution in [0.1, 0.15) is 36.8 Å². The molecular formula is C26H34O5. The molecule has 0 bridgehead atoms. The third kappa shape index (κ3) is 9.23. The van der Waals surface area contributed by atoms with Crippen molar-refractivity contribution in [2.24, 2.45) is 0 Å². The van der Waals surface area contributed by atoms with Crippen molar-refractivity contribution in [3.8, 4) is 5.75 Å². The van der Waals surface area contributed by atoms with Gasteiger partial charge in [0.05, 0.1) is 45.7 Å². The van der Waals surface area contributed by atoms with Crippen LogP contribution in [0.2, 0.25) is 0 Å². The number of epoxide rings is 1. The third-order valence-electron chi connectivity index (χ3n) is 5.26.